The fourth-order valence-corrected chi connectivity index (χ4v) is 2.30. The van der Waals surface area contributed by atoms with E-state index in [2.05, 4.69) is 17.1 Å². The van der Waals surface area contributed by atoms with E-state index in [4.69, 9.17) is 11.5 Å². The fraction of sp³-hybridized carbons (Fsp3) is 0.0833. The summed E-state index contributed by atoms with van der Waals surface area (Å²) in [6, 6.07) is 13.9. The number of nitrogen functional groups attached to an aromatic ring is 2. The highest BCUT2D eigenvalue weighted by atomic mass is 32.2. The lowest BCUT2D eigenvalue weighted by molar-refractivity contribution is 1.27. The van der Waals surface area contributed by atoms with E-state index in [1.54, 1.807) is 11.8 Å². The van der Waals surface area contributed by atoms with E-state index in [9.17, 15) is 0 Å². The van der Waals surface area contributed by atoms with E-state index < -0.39 is 0 Å². The third-order valence-electron chi connectivity index (χ3n) is 2.09. The first-order valence-corrected chi connectivity index (χ1v) is 5.92. The molecule has 0 atom stereocenters. The first-order valence-electron chi connectivity index (χ1n) is 4.94. The number of hydrogen-bond donors (Lipinski definition) is 2. The van der Waals surface area contributed by atoms with Crippen molar-refractivity contribution in [1.82, 2.24) is 4.98 Å². The van der Waals surface area contributed by atoms with Gasteiger partial charge in [0.25, 0.3) is 0 Å². The lowest BCUT2D eigenvalue weighted by Crippen LogP contribution is -1.96. The molecule has 1 heterocycles. The van der Waals surface area contributed by atoms with Crippen LogP contribution in [0.2, 0.25) is 0 Å². The van der Waals surface area contributed by atoms with Crippen LogP contribution in [0.15, 0.2) is 47.4 Å². The summed E-state index contributed by atoms with van der Waals surface area (Å²) < 4.78 is 0. The first kappa shape index (κ1) is 10.8. The van der Waals surface area contributed by atoms with Crippen molar-refractivity contribution in [1.29, 1.82) is 0 Å². The third kappa shape index (κ3) is 2.90. The van der Waals surface area contributed by atoms with E-state index >= 15 is 0 Å². The summed E-state index contributed by atoms with van der Waals surface area (Å²) in [5.74, 6) is 1.84. The molecule has 0 radical (unpaired) electrons. The van der Waals surface area contributed by atoms with Crippen LogP contribution in [0.5, 0.6) is 0 Å². The molecule has 0 unspecified atom stereocenters. The van der Waals surface area contributed by atoms with Crippen molar-refractivity contribution >= 4 is 23.4 Å². The third-order valence-corrected chi connectivity index (χ3v) is 3.13. The minimum atomic E-state index is 0.468. The molecule has 16 heavy (non-hydrogen) atoms. The maximum atomic E-state index is 5.62. The zero-order valence-corrected chi connectivity index (χ0v) is 9.58. The highest BCUT2D eigenvalue weighted by Crippen LogP contribution is 2.25. The van der Waals surface area contributed by atoms with E-state index in [1.165, 1.54) is 5.56 Å². The number of thioether (sulfide) groups is 1. The Morgan fingerprint density at radius 1 is 1.00 bits per heavy atom. The van der Waals surface area contributed by atoms with Gasteiger partial charge >= 0.3 is 0 Å². The van der Waals surface area contributed by atoms with Crippen molar-refractivity contribution in [3.8, 4) is 0 Å². The number of hydrogen-bond acceptors (Lipinski definition) is 4. The topological polar surface area (TPSA) is 64.9 Å². The molecular weight excluding hydrogens is 218 g/mol. The minimum absolute atomic E-state index is 0.468. The Morgan fingerprint density at radius 3 is 2.25 bits per heavy atom. The first-order chi connectivity index (χ1) is 7.74. The molecule has 82 valence electrons. The molecule has 0 fully saturated rings. The van der Waals surface area contributed by atoms with Crippen LogP contribution in [0, 0.1) is 0 Å². The smallest absolute Gasteiger partial charge is 0.126 e. The minimum Gasteiger partial charge on any atom is -0.384 e. The summed E-state index contributed by atoms with van der Waals surface area (Å²) >= 11 is 1.70. The average Bonchev–Trinajstić information content (AvgIpc) is 2.27. The monoisotopic (exact) mass is 231 g/mol. The van der Waals surface area contributed by atoms with Crippen molar-refractivity contribution < 1.29 is 0 Å². The molecule has 1 aromatic heterocycles. The largest absolute Gasteiger partial charge is 0.384 e. The summed E-state index contributed by atoms with van der Waals surface area (Å²) in [7, 11) is 0. The summed E-state index contributed by atoms with van der Waals surface area (Å²) in [6.07, 6.45) is 0. The molecule has 0 saturated carbocycles. The Hall–Kier alpha value is -1.68. The maximum Gasteiger partial charge on any atom is 0.126 e. The molecule has 0 aliphatic rings. The van der Waals surface area contributed by atoms with Crippen molar-refractivity contribution in [3.05, 3.63) is 48.0 Å². The predicted octanol–water partition coefficient (Wildman–Crippen LogP) is 2.54. The van der Waals surface area contributed by atoms with Gasteiger partial charge in [-0.15, -0.1) is 11.8 Å². The number of benzene rings is 1. The number of pyridine rings is 1. The normalized spacial score (nSPS) is 10.2. The molecule has 0 saturated heterocycles. The summed E-state index contributed by atoms with van der Waals surface area (Å²) in [6.45, 7) is 0. The van der Waals surface area contributed by atoms with Crippen molar-refractivity contribution in [3.63, 3.8) is 0 Å². The van der Waals surface area contributed by atoms with Crippen molar-refractivity contribution in [2.75, 3.05) is 11.5 Å². The molecule has 0 aliphatic heterocycles. The van der Waals surface area contributed by atoms with Crippen LogP contribution in [0.1, 0.15) is 5.56 Å². The second kappa shape index (κ2) is 4.90. The van der Waals surface area contributed by atoms with Crippen LogP contribution in [0.4, 0.5) is 11.6 Å². The zero-order chi connectivity index (χ0) is 11.4. The van der Waals surface area contributed by atoms with E-state index in [0.717, 1.165) is 10.6 Å². The van der Waals surface area contributed by atoms with Crippen LogP contribution in [-0.2, 0) is 5.75 Å². The van der Waals surface area contributed by atoms with Gasteiger partial charge in [-0.2, -0.15) is 0 Å². The van der Waals surface area contributed by atoms with Gasteiger partial charge in [0.15, 0.2) is 0 Å². The SMILES string of the molecule is Nc1cc(SCc2ccccc2)cc(N)n1. The van der Waals surface area contributed by atoms with E-state index in [-0.39, 0.29) is 0 Å². The maximum absolute atomic E-state index is 5.62. The Morgan fingerprint density at radius 2 is 1.62 bits per heavy atom. The molecular formula is C12H13N3S. The number of aromatic nitrogens is 1. The molecule has 0 aliphatic carbocycles. The fourth-order valence-electron chi connectivity index (χ4n) is 1.37. The molecule has 3 nitrogen and oxygen atoms in total. The van der Waals surface area contributed by atoms with Gasteiger partial charge in [-0.3, -0.25) is 0 Å². The molecule has 2 rings (SSSR count). The van der Waals surface area contributed by atoms with Crippen LogP contribution >= 0.6 is 11.8 Å². The lowest BCUT2D eigenvalue weighted by atomic mass is 10.2. The van der Waals surface area contributed by atoms with Gasteiger partial charge in [0.1, 0.15) is 11.6 Å². The Labute approximate surface area is 98.9 Å². The van der Waals surface area contributed by atoms with Gasteiger partial charge in [0.2, 0.25) is 0 Å². The number of anilines is 2. The van der Waals surface area contributed by atoms with Crippen LogP contribution < -0.4 is 11.5 Å². The molecule has 0 amide bonds. The quantitative estimate of drug-likeness (QED) is 0.797. The molecule has 1 aromatic carbocycles. The Balaban J connectivity index is 2.05. The highest BCUT2D eigenvalue weighted by molar-refractivity contribution is 7.98. The van der Waals surface area contributed by atoms with Crippen molar-refractivity contribution in [2.45, 2.75) is 10.6 Å². The Bertz CT molecular complexity index is 451. The molecule has 0 spiro atoms. The second-order valence-corrected chi connectivity index (χ2v) is 4.48. The van der Waals surface area contributed by atoms with Crippen molar-refractivity contribution in [2.24, 2.45) is 0 Å². The van der Waals surface area contributed by atoms with Gasteiger partial charge < -0.3 is 11.5 Å². The molecule has 0 bridgehead atoms. The summed E-state index contributed by atoms with van der Waals surface area (Å²) in [5.41, 5.74) is 12.5. The second-order valence-electron chi connectivity index (χ2n) is 3.43. The standard InChI is InChI=1S/C12H13N3S/c13-11-6-10(7-12(14)15-11)16-8-9-4-2-1-3-5-9/h1-7H,8H2,(H4,13,14,15). The Kier molecular flexibility index (Phi) is 3.31. The number of rotatable bonds is 3. The molecule has 2 aromatic rings. The highest BCUT2D eigenvalue weighted by Gasteiger charge is 1.99. The zero-order valence-electron chi connectivity index (χ0n) is 8.76. The van der Waals surface area contributed by atoms with Crippen LogP contribution in [0.3, 0.4) is 0 Å². The van der Waals surface area contributed by atoms with Crippen LogP contribution in [0.25, 0.3) is 0 Å². The molecule has 4 heteroatoms. The van der Waals surface area contributed by atoms with Gasteiger partial charge in [-0.25, -0.2) is 4.98 Å². The number of nitrogens with zero attached hydrogens (tertiary/aromatic N) is 1. The predicted molar refractivity (Wildman–Crippen MR) is 69.1 cm³/mol. The van der Waals surface area contributed by atoms with Gasteiger partial charge in [-0.05, 0) is 17.7 Å². The van der Waals surface area contributed by atoms with Gasteiger partial charge in [0, 0.05) is 10.6 Å². The van der Waals surface area contributed by atoms with Gasteiger partial charge in [-0.1, -0.05) is 30.3 Å². The molecule has 4 N–H and O–H groups in total. The van der Waals surface area contributed by atoms with Crippen LogP contribution in [-0.4, -0.2) is 4.98 Å². The van der Waals surface area contributed by atoms with Gasteiger partial charge in [0.05, 0.1) is 0 Å². The lowest BCUT2D eigenvalue weighted by Gasteiger charge is -2.04. The summed E-state index contributed by atoms with van der Waals surface area (Å²) in [4.78, 5) is 4.98. The summed E-state index contributed by atoms with van der Waals surface area (Å²) in [5, 5.41) is 0. The average molecular weight is 231 g/mol. The van der Waals surface area contributed by atoms with E-state index in [0.29, 0.717) is 11.6 Å². The van der Waals surface area contributed by atoms with E-state index in [1.807, 2.05) is 30.3 Å². The number of nitrogens with two attached hydrogens (primary N) is 2.